The van der Waals surface area contributed by atoms with Crippen molar-refractivity contribution in [3.8, 4) is 0 Å². The number of amides is 1. The molecule has 1 heterocycles. The molecule has 0 bridgehead atoms. The van der Waals surface area contributed by atoms with Crippen molar-refractivity contribution in [2.24, 2.45) is 0 Å². The summed E-state index contributed by atoms with van der Waals surface area (Å²) in [4.78, 5) is 12.3. The van der Waals surface area contributed by atoms with E-state index in [2.05, 4.69) is 11.4 Å². The monoisotopic (exact) mass is 301 g/mol. The second kappa shape index (κ2) is 6.13. The maximum Gasteiger partial charge on any atom is 0.224 e. The van der Waals surface area contributed by atoms with Crippen LogP contribution in [0.1, 0.15) is 42.4 Å². The van der Waals surface area contributed by atoms with E-state index >= 15 is 0 Å². The average molecular weight is 301 g/mol. The summed E-state index contributed by atoms with van der Waals surface area (Å²) in [6.07, 6.45) is 5.29. The van der Waals surface area contributed by atoms with Crippen LogP contribution in [0.2, 0.25) is 0 Å². The van der Waals surface area contributed by atoms with Crippen LogP contribution >= 0.6 is 0 Å². The Labute approximate surface area is 130 Å². The van der Waals surface area contributed by atoms with Crippen LogP contribution in [0.3, 0.4) is 0 Å². The Bertz CT molecular complexity index is 689. The lowest BCUT2D eigenvalue weighted by molar-refractivity contribution is -0.122. The summed E-state index contributed by atoms with van der Waals surface area (Å²) in [6, 6.07) is 3.96. The Morgan fingerprint density at radius 1 is 1.32 bits per heavy atom. The van der Waals surface area contributed by atoms with E-state index in [0.29, 0.717) is 6.42 Å². The molecule has 2 atom stereocenters. The molecule has 0 aliphatic heterocycles. The lowest BCUT2D eigenvalue weighted by Crippen LogP contribution is -2.45. The Morgan fingerprint density at radius 2 is 2.09 bits per heavy atom. The first kappa shape index (κ1) is 15.1. The van der Waals surface area contributed by atoms with Crippen LogP contribution in [-0.4, -0.2) is 23.2 Å². The van der Waals surface area contributed by atoms with Crippen LogP contribution < -0.4 is 5.32 Å². The minimum atomic E-state index is -0.413. The van der Waals surface area contributed by atoms with Gasteiger partial charge >= 0.3 is 0 Å². The number of hydrogen-bond acceptors (Lipinski definition) is 3. The van der Waals surface area contributed by atoms with Crippen LogP contribution in [0, 0.1) is 13.8 Å². The summed E-state index contributed by atoms with van der Waals surface area (Å²) < 4.78 is 5.64. The highest BCUT2D eigenvalue weighted by Crippen LogP contribution is 2.27. The number of rotatable bonds is 3. The van der Waals surface area contributed by atoms with Gasteiger partial charge in [-0.05, 0) is 37.8 Å². The summed E-state index contributed by atoms with van der Waals surface area (Å²) in [5, 5.41) is 13.9. The molecule has 0 radical (unpaired) electrons. The van der Waals surface area contributed by atoms with Crippen molar-refractivity contribution in [1.29, 1.82) is 0 Å². The smallest absolute Gasteiger partial charge is 0.224 e. The topological polar surface area (TPSA) is 62.5 Å². The first-order valence-corrected chi connectivity index (χ1v) is 8.00. The number of fused-ring (bicyclic) bond motifs is 1. The van der Waals surface area contributed by atoms with E-state index in [4.69, 9.17) is 4.42 Å². The molecule has 1 aliphatic carbocycles. The van der Waals surface area contributed by atoms with E-state index in [1.54, 1.807) is 6.26 Å². The zero-order valence-corrected chi connectivity index (χ0v) is 13.2. The molecule has 1 saturated carbocycles. The number of aliphatic hydroxyl groups is 1. The standard InChI is InChI=1S/C18H23NO3/c1-11-7-8-14-13(10-22-18(14)12(11)2)9-17(21)19-15-5-3-4-6-16(15)20/h7-8,10,15-16,20H,3-6,9H2,1-2H3,(H,19,21). The molecule has 1 amide bonds. The van der Waals surface area contributed by atoms with Crippen LogP contribution in [-0.2, 0) is 11.2 Å². The van der Waals surface area contributed by atoms with E-state index in [1.807, 2.05) is 19.9 Å². The third kappa shape index (κ3) is 2.88. The van der Waals surface area contributed by atoms with Gasteiger partial charge in [-0.1, -0.05) is 25.0 Å². The molecule has 0 saturated heterocycles. The Morgan fingerprint density at radius 3 is 2.86 bits per heavy atom. The number of furan rings is 1. The van der Waals surface area contributed by atoms with Crippen molar-refractivity contribution in [2.75, 3.05) is 0 Å². The number of aliphatic hydroxyl groups excluding tert-OH is 1. The molecule has 1 aromatic heterocycles. The van der Waals surface area contributed by atoms with E-state index in [9.17, 15) is 9.90 Å². The quantitative estimate of drug-likeness (QED) is 0.916. The fraction of sp³-hybridized carbons (Fsp3) is 0.500. The normalized spacial score (nSPS) is 22.0. The molecule has 2 unspecified atom stereocenters. The summed E-state index contributed by atoms with van der Waals surface area (Å²) in [7, 11) is 0. The van der Waals surface area contributed by atoms with Crippen LogP contribution in [0.15, 0.2) is 22.8 Å². The van der Waals surface area contributed by atoms with Crippen molar-refractivity contribution in [2.45, 2.75) is 58.1 Å². The van der Waals surface area contributed by atoms with Crippen LogP contribution in [0.25, 0.3) is 11.0 Å². The van der Waals surface area contributed by atoms with Gasteiger partial charge in [0.25, 0.3) is 0 Å². The lowest BCUT2D eigenvalue weighted by atomic mass is 9.92. The zero-order valence-electron chi connectivity index (χ0n) is 13.2. The van der Waals surface area contributed by atoms with E-state index < -0.39 is 6.10 Å². The zero-order chi connectivity index (χ0) is 15.7. The molecule has 1 aliphatic rings. The van der Waals surface area contributed by atoms with Crippen molar-refractivity contribution < 1.29 is 14.3 Å². The van der Waals surface area contributed by atoms with Crippen molar-refractivity contribution in [3.05, 3.63) is 35.1 Å². The van der Waals surface area contributed by atoms with Gasteiger partial charge in [0.15, 0.2) is 0 Å². The molecule has 1 aromatic carbocycles. The number of carbonyl (C=O) groups is 1. The Balaban J connectivity index is 1.73. The van der Waals surface area contributed by atoms with Gasteiger partial charge < -0.3 is 14.8 Å². The lowest BCUT2D eigenvalue weighted by Gasteiger charge is -2.28. The number of nitrogens with one attached hydrogen (secondary N) is 1. The molecule has 1 fully saturated rings. The van der Waals surface area contributed by atoms with E-state index in [1.165, 1.54) is 5.56 Å². The second-order valence-corrected chi connectivity index (χ2v) is 6.35. The molecular weight excluding hydrogens is 278 g/mol. The maximum absolute atomic E-state index is 12.3. The van der Waals surface area contributed by atoms with Crippen LogP contribution in [0.5, 0.6) is 0 Å². The van der Waals surface area contributed by atoms with Gasteiger partial charge in [-0.25, -0.2) is 0 Å². The second-order valence-electron chi connectivity index (χ2n) is 6.35. The van der Waals surface area contributed by atoms with Gasteiger partial charge in [0, 0.05) is 10.9 Å². The highest BCUT2D eigenvalue weighted by atomic mass is 16.3. The molecule has 2 N–H and O–H groups in total. The molecular formula is C18H23NO3. The minimum absolute atomic E-state index is 0.0492. The Kier molecular flexibility index (Phi) is 4.21. The van der Waals surface area contributed by atoms with E-state index in [-0.39, 0.29) is 11.9 Å². The number of benzene rings is 1. The third-order valence-electron chi connectivity index (χ3n) is 4.77. The van der Waals surface area contributed by atoms with E-state index in [0.717, 1.165) is 47.8 Å². The molecule has 4 nitrogen and oxygen atoms in total. The minimum Gasteiger partial charge on any atom is -0.464 e. The van der Waals surface area contributed by atoms with Crippen molar-refractivity contribution in [1.82, 2.24) is 5.32 Å². The molecule has 2 aromatic rings. The largest absolute Gasteiger partial charge is 0.464 e. The molecule has 4 heteroatoms. The van der Waals surface area contributed by atoms with Gasteiger partial charge in [-0.2, -0.15) is 0 Å². The first-order chi connectivity index (χ1) is 10.6. The van der Waals surface area contributed by atoms with Gasteiger partial charge in [-0.15, -0.1) is 0 Å². The first-order valence-electron chi connectivity index (χ1n) is 8.00. The summed E-state index contributed by atoms with van der Waals surface area (Å²) >= 11 is 0. The third-order valence-corrected chi connectivity index (χ3v) is 4.77. The molecule has 0 spiro atoms. The summed E-state index contributed by atoms with van der Waals surface area (Å²) in [5.41, 5.74) is 4.07. The number of carbonyl (C=O) groups excluding carboxylic acids is 1. The average Bonchev–Trinajstić information content (AvgIpc) is 2.89. The molecule has 22 heavy (non-hydrogen) atoms. The number of hydrogen-bond donors (Lipinski definition) is 2. The predicted molar refractivity (Wildman–Crippen MR) is 85.8 cm³/mol. The highest BCUT2D eigenvalue weighted by molar-refractivity contribution is 5.89. The molecule has 3 rings (SSSR count). The summed E-state index contributed by atoms with van der Waals surface area (Å²) in [6.45, 7) is 4.08. The van der Waals surface area contributed by atoms with Crippen molar-refractivity contribution >= 4 is 16.9 Å². The fourth-order valence-electron chi connectivity index (χ4n) is 3.24. The Hall–Kier alpha value is -1.81. The van der Waals surface area contributed by atoms with Gasteiger partial charge in [0.05, 0.1) is 24.8 Å². The van der Waals surface area contributed by atoms with Gasteiger partial charge in [0.1, 0.15) is 5.58 Å². The highest BCUT2D eigenvalue weighted by Gasteiger charge is 2.24. The van der Waals surface area contributed by atoms with Gasteiger partial charge in [0.2, 0.25) is 5.91 Å². The fourth-order valence-corrected chi connectivity index (χ4v) is 3.24. The van der Waals surface area contributed by atoms with Crippen molar-refractivity contribution in [3.63, 3.8) is 0 Å². The summed E-state index contributed by atoms with van der Waals surface area (Å²) in [5.74, 6) is -0.0492. The predicted octanol–water partition coefficient (Wildman–Crippen LogP) is 3.01. The van der Waals surface area contributed by atoms with Crippen LogP contribution in [0.4, 0.5) is 0 Å². The number of aryl methyl sites for hydroxylation is 2. The SMILES string of the molecule is Cc1ccc2c(CC(=O)NC3CCCCC3O)coc2c1C. The maximum atomic E-state index is 12.3. The van der Waals surface area contributed by atoms with Gasteiger partial charge in [-0.3, -0.25) is 4.79 Å². The molecule has 118 valence electrons.